The molecule has 0 aromatic carbocycles. The minimum atomic E-state index is -3.23. The van der Waals surface area contributed by atoms with E-state index in [-0.39, 0.29) is 23.1 Å². The smallest absolute Gasteiger partial charge is 0.255 e. The number of rotatable bonds is 6. The molecular formula is C20H30FN3O3S. The molecule has 0 N–H and O–H groups in total. The molecule has 6 nitrogen and oxygen atoms in total. The summed E-state index contributed by atoms with van der Waals surface area (Å²) >= 11 is 0. The Morgan fingerprint density at radius 3 is 2.71 bits per heavy atom. The van der Waals surface area contributed by atoms with E-state index in [1.807, 2.05) is 28.5 Å². The van der Waals surface area contributed by atoms with E-state index < -0.39 is 16.2 Å². The van der Waals surface area contributed by atoms with Crippen LogP contribution in [0.25, 0.3) is 0 Å². The van der Waals surface area contributed by atoms with Crippen molar-refractivity contribution in [1.29, 1.82) is 0 Å². The molecule has 0 aliphatic carbocycles. The number of pyridine rings is 1. The maximum Gasteiger partial charge on any atom is 0.255 e. The highest BCUT2D eigenvalue weighted by Crippen LogP contribution is 2.36. The molecule has 4 rings (SSSR count). The van der Waals surface area contributed by atoms with Crippen LogP contribution < -0.4 is 5.56 Å². The first-order valence-electron chi connectivity index (χ1n) is 10.4. The van der Waals surface area contributed by atoms with Crippen LogP contribution in [-0.4, -0.2) is 60.3 Å². The zero-order valence-corrected chi connectivity index (χ0v) is 17.3. The van der Waals surface area contributed by atoms with E-state index in [2.05, 4.69) is 0 Å². The molecule has 3 aliphatic heterocycles. The first-order valence-corrected chi connectivity index (χ1v) is 12.0. The number of hydrogen-bond acceptors (Lipinski definition) is 4. The monoisotopic (exact) mass is 411 g/mol. The maximum atomic E-state index is 13.4. The van der Waals surface area contributed by atoms with Crippen LogP contribution >= 0.6 is 0 Å². The highest BCUT2D eigenvalue weighted by atomic mass is 32.2. The van der Waals surface area contributed by atoms with Gasteiger partial charge in [0, 0.05) is 56.4 Å². The molecule has 1 aromatic heterocycles. The van der Waals surface area contributed by atoms with Crippen molar-refractivity contribution in [2.75, 3.05) is 31.9 Å². The Morgan fingerprint density at radius 1 is 1.18 bits per heavy atom. The van der Waals surface area contributed by atoms with Gasteiger partial charge in [0.15, 0.2) is 0 Å². The number of unbranched alkanes of at least 4 members (excludes halogenated alkanes) is 1. The number of aromatic nitrogens is 1. The lowest BCUT2D eigenvalue weighted by Crippen LogP contribution is -2.50. The fraction of sp³-hybridized carbons (Fsp3) is 0.750. The highest BCUT2D eigenvalue weighted by Gasteiger charge is 2.39. The second kappa shape index (κ2) is 7.88. The van der Waals surface area contributed by atoms with E-state index in [1.54, 1.807) is 4.31 Å². The van der Waals surface area contributed by atoms with E-state index >= 15 is 0 Å². The van der Waals surface area contributed by atoms with Gasteiger partial charge in [-0.3, -0.25) is 9.69 Å². The molecule has 8 heteroatoms. The number of fused-ring (bicyclic) bond motifs is 4. The number of nitrogens with zero attached hydrogens (tertiary/aromatic N) is 3. The molecule has 4 heterocycles. The van der Waals surface area contributed by atoms with Gasteiger partial charge in [-0.05, 0) is 31.2 Å². The number of halogens is 1. The van der Waals surface area contributed by atoms with Crippen LogP contribution in [0.1, 0.15) is 49.8 Å². The number of likely N-dealkylation sites (tertiary alicyclic amines) is 1. The summed E-state index contributed by atoms with van der Waals surface area (Å²) in [5.74, 6) is 0.463. The van der Waals surface area contributed by atoms with E-state index in [9.17, 15) is 17.6 Å². The number of sulfonamides is 1. The summed E-state index contributed by atoms with van der Waals surface area (Å²) < 4.78 is 42.2. The molecule has 0 unspecified atom stereocenters. The number of hydrogen-bond donors (Lipinski definition) is 0. The molecule has 0 spiro atoms. The zero-order valence-electron chi connectivity index (χ0n) is 16.5. The normalized spacial score (nSPS) is 28.4. The second-order valence-corrected chi connectivity index (χ2v) is 10.7. The van der Waals surface area contributed by atoms with Crippen LogP contribution in [0, 0.1) is 5.92 Å². The molecule has 3 atom stereocenters. The largest absolute Gasteiger partial charge is 0.312 e. The SMILES string of the molecule is CCCCS(=O)(=O)N1C[C@@H]2C[C@H](C1)c1ccc(CN3CC[C@@H](F)C3)c(=O)n1C2. The first-order chi connectivity index (χ1) is 13.4. The molecule has 0 saturated carbocycles. The predicted molar refractivity (Wildman–Crippen MR) is 107 cm³/mol. The Balaban J connectivity index is 1.54. The van der Waals surface area contributed by atoms with E-state index in [4.69, 9.17) is 0 Å². The van der Waals surface area contributed by atoms with Gasteiger partial charge in [-0.25, -0.2) is 17.1 Å². The average molecular weight is 412 g/mol. The van der Waals surface area contributed by atoms with Crippen LogP contribution in [-0.2, 0) is 23.1 Å². The second-order valence-electron chi connectivity index (χ2n) is 8.61. The molecule has 28 heavy (non-hydrogen) atoms. The molecule has 2 saturated heterocycles. The van der Waals surface area contributed by atoms with Crippen LogP contribution in [0.2, 0.25) is 0 Å². The fourth-order valence-electron chi connectivity index (χ4n) is 4.92. The summed E-state index contributed by atoms with van der Waals surface area (Å²) in [4.78, 5) is 15.0. The van der Waals surface area contributed by atoms with Crippen molar-refractivity contribution in [2.45, 2.75) is 57.8 Å². The van der Waals surface area contributed by atoms with Crippen molar-refractivity contribution in [3.8, 4) is 0 Å². The number of piperidine rings is 1. The maximum absolute atomic E-state index is 13.4. The predicted octanol–water partition coefficient (Wildman–Crippen LogP) is 1.94. The van der Waals surface area contributed by atoms with Gasteiger partial charge < -0.3 is 4.57 Å². The summed E-state index contributed by atoms with van der Waals surface area (Å²) in [6.07, 6.45) is 2.23. The van der Waals surface area contributed by atoms with Crippen molar-refractivity contribution in [3.05, 3.63) is 33.7 Å². The molecule has 2 fully saturated rings. The summed E-state index contributed by atoms with van der Waals surface area (Å²) in [5.41, 5.74) is 1.67. The van der Waals surface area contributed by atoms with Crippen LogP contribution in [0.4, 0.5) is 4.39 Å². The number of alkyl halides is 1. The molecule has 0 radical (unpaired) electrons. The van der Waals surface area contributed by atoms with Crippen LogP contribution in [0.3, 0.4) is 0 Å². The topological polar surface area (TPSA) is 62.6 Å². The Labute approximate surface area is 166 Å². The van der Waals surface area contributed by atoms with Crippen LogP contribution in [0.5, 0.6) is 0 Å². The van der Waals surface area contributed by atoms with Crippen molar-refractivity contribution < 1.29 is 12.8 Å². The standard InChI is InChI=1S/C20H30FN3O3S/c1-2-3-8-28(26,27)23-10-15-9-17(13-23)19-5-4-16(20(25)24(19)11-15)12-22-7-6-18(21)14-22/h4-5,15,17-18H,2-3,6-14H2,1H3/t15-,17+,18+/m0/s1. The zero-order chi connectivity index (χ0) is 19.9. The fourth-order valence-corrected chi connectivity index (χ4v) is 6.68. The molecular weight excluding hydrogens is 381 g/mol. The van der Waals surface area contributed by atoms with E-state index in [1.165, 1.54) is 0 Å². The van der Waals surface area contributed by atoms with E-state index in [0.29, 0.717) is 57.7 Å². The third-order valence-electron chi connectivity index (χ3n) is 6.41. The summed E-state index contributed by atoms with van der Waals surface area (Å²) in [7, 11) is -3.23. The molecule has 1 aromatic rings. The van der Waals surface area contributed by atoms with Gasteiger partial charge in [0.1, 0.15) is 6.17 Å². The Hall–Kier alpha value is -1.25. The van der Waals surface area contributed by atoms with Gasteiger partial charge in [0.2, 0.25) is 10.0 Å². The first kappa shape index (κ1) is 20.0. The highest BCUT2D eigenvalue weighted by molar-refractivity contribution is 7.89. The van der Waals surface area contributed by atoms with Crippen molar-refractivity contribution in [2.24, 2.45) is 5.92 Å². The van der Waals surface area contributed by atoms with Gasteiger partial charge in [0.05, 0.1) is 5.75 Å². The van der Waals surface area contributed by atoms with Crippen molar-refractivity contribution in [1.82, 2.24) is 13.8 Å². The van der Waals surface area contributed by atoms with Gasteiger partial charge >= 0.3 is 0 Å². The lowest BCUT2D eigenvalue weighted by Gasteiger charge is -2.42. The average Bonchev–Trinajstić information content (AvgIpc) is 3.07. The van der Waals surface area contributed by atoms with Crippen molar-refractivity contribution in [3.63, 3.8) is 0 Å². The third kappa shape index (κ3) is 3.91. The van der Waals surface area contributed by atoms with E-state index in [0.717, 1.165) is 18.5 Å². The Morgan fingerprint density at radius 2 is 2.00 bits per heavy atom. The minimum Gasteiger partial charge on any atom is -0.312 e. The Kier molecular flexibility index (Phi) is 5.64. The molecule has 156 valence electrons. The van der Waals surface area contributed by atoms with Gasteiger partial charge in [-0.1, -0.05) is 19.4 Å². The minimum absolute atomic E-state index is 0.0109. The Bertz CT molecular complexity index is 885. The van der Waals surface area contributed by atoms with Gasteiger partial charge in [0.25, 0.3) is 5.56 Å². The quantitative estimate of drug-likeness (QED) is 0.718. The van der Waals surface area contributed by atoms with Crippen molar-refractivity contribution >= 4 is 10.0 Å². The summed E-state index contributed by atoms with van der Waals surface area (Å²) in [6, 6.07) is 3.85. The lowest BCUT2D eigenvalue weighted by atomic mass is 9.84. The van der Waals surface area contributed by atoms with Gasteiger partial charge in [-0.15, -0.1) is 0 Å². The third-order valence-corrected chi connectivity index (χ3v) is 8.30. The molecule has 2 bridgehead atoms. The van der Waals surface area contributed by atoms with Crippen LogP contribution in [0.15, 0.2) is 16.9 Å². The van der Waals surface area contributed by atoms with Gasteiger partial charge in [-0.2, -0.15) is 0 Å². The summed E-state index contributed by atoms with van der Waals surface area (Å²) in [5, 5.41) is 0. The molecule has 3 aliphatic rings. The lowest BCUT2D eigenvalue weighted by molar-refractivity contribution is 0.185. The summed E-state index contributed by atoms with van der Waals surface area (Å²) in [6.45, 7) is 5.13. The molecule has 0 amide bonds.